The summed E-state index contributed by atoms with van der Waals surface area (Å²) in [6.45, 7) is -0.698. The van der Waals surface area contributed by atoms with E-state index in [1.54, 1.807) is 6.20 Å². The molecule has 0 fully saturated rings. The lowest BCUT2D eigenvalue weighted by Gasteiger charge is -2.15. The number of ether oxygens (including phenoxy) is 1. The number of rotatable bonds is 5. The van der Waals surface area contributed by atoms with Crippen molar-refractivity contribution in [3.8, 4) is 0 Å². The first kappa shape index (κ1) is 14.9. The number of methoxy groups -OCH3 is 1. The second-order valence-electron chi connectivity index (χ2n) is 4.36. The van der Waals surface area contributed by atoms with Gasteiger partial charge in [0.1, 0.15) is 12.6 Å². The number of carbonyl (C=O) groups is 2. The average molecular weight is 289 g/mol. The molecule has 0 radical (unpaired) electrons. The molecule has 21 heavy (non-hydrogen) atoms. The van der Waals surface area contributed by atoms with Crippen LogP contribution in [0, 0.1) is 0 Å². The van der Waals surface area contributed by atoms with Crippen LogP contribution in [0.1, 0.15) is 5.69 Å². The van der Waals surface area contributed by atoms with E-state index in [2.05, 4.69) is 20.0 Å². The van der Waals surface area contributed by atoms with Gasteiger partial charge in [0.15, 0.2) is 0 Å². The van der Waals surface area contributed by atoms with Gasteiger partial charge in [-0.25, -0.2) is 9.78 Å². The highest BCUT2D eigenvalue weighted by Crippen LogP contribution is 2.10. The van der Waals surface area contributed by atoms with Crippen LogP contribution in [-0.4, -0.2) is 46.7 Å². The second kappa shape index (κ2) is 6.76. The summed E-state index contributed by atoms with van der Waals surface area (Å²) in [5.41, 5.74) is 1.99. The molecule has 0 saturated carbocycles. The van der Waals surface area contributed by atoms with Crippen LogP contribution in [0.3, 0.4) is 0 Å². The van der Waals surface area contributed by atoms with Crippen LogP contribution in [-0.2, 0) is 20.7 Å². The zero-order chi connectivity index (χ0) is 15.2. The maximum absolute atomic E-state index is 11.7. The summed E-state index contributed by atoms with van der Waals surface area (Å²) in [6.07, 6.45) is 1.68. The van der Waals surface area contributed by atoms with Gasteiger partial charge in [-0.2, -0.15) is 0 Å². The smallest absolute Gasteiger partial charge is 0.328 e. The molecule has 0 saturated heterocycles. The number of fused-ring (bicyclic) bond motifs is 1. The van der Waals surface area contributed by atoms with Crippen LogP contribution in [0.25, 0.3) is 11.0 Å². The first-order chi connectivity index (χ1) is 10.1. The van der Waals surface area contributed by atoms with E-state index < -0.39 is 24.5 Å². The van der Waals surface area contributed by atoms with Crippen molar-refractivity contribution in [1.82, 2.24) is 15.3 Å². The van der Waals surface area contributed by atoms with Gasteiger partial charge in [0, 0.05) is 12.6 Å². The van der Waals surface area contributed by atoms with E-state index in [-0.39, 0.29) is 6.42 Å². The number of benzene rings is 1. The number of esters is 1. The van der Waals surface area contributed by atoms with Gasteiger partial charge in [0.25, 0.3) is 0 Å². The first-order valence-electron chi connectivity index (χ1n) is 6.32. The molecule has 2 N–H and O–H groups in total. The molecule has 0 unspecified atom stereocenters. The van der Waals surface area contributed by atoms with Crippen molar-refractivity contribution in [1.29, 1.82) is 0 Å². The van der Waals surface area contributed by atoms with Gasteiger partial charge in [0.2, 0.25) is 5.91 Å². The van der Waals surface area contributed by atoms with Crippen molar-refractivity contribution in [3.63, 3.8) is 0 Å². The van der Waals surface area contributed by atoms with Crippen molar-refractivity contribution < 1.29 is 19.4 Å². The number of hydrogen-bond acceptors (Lipinski definition) is 6. The number of nitrogens with one attached hydrogen (secondary N) is 1. The number of aliphatic hydroxyl groups is 1. The highest BCUT2D eigenvalue weighted by molar-refractivity contribution is 5.85. The fourth-order valence-electron chi connectivity index (χ4n) is 1.88. The van der Waals surface area contributed by atoms with Crippen LogP contribution < -0.4 is 5.32 Å². The van der Waals surface area contributed by atoms with Crippen molar-refractivity contribution in [3.05, 3.63) is 36.2 Å². The van der Waals surface area contributed by atoms with E-state index in [1.165, 1.54) is 7.11 Å². The minimum Gasteiger partial charge on any atom is -0.467 e. The molecule has 2 rings (SSSR count). The normalized spacial score (nSPS) is 11.9. The molecule has 1 atom stereocenters. The third-order valence-corrected chi connectivity index (χ3v) is 2.88. The molecule has 1 amide bonds. The predicted octanol–water partition coefficient (Wildman–Crippen LogP) is -0.178. The summed E-state index contributed by atoms with van der Waals surface area (Å²) >= 11 is 0. The average Bonchev–Trinajstić information content (AvgIpc) is 2.53. The van der Waals surface area contributed by atoms with Gasteiger partial charge in [0.05, 0.1) is 23.8 Å². The quantitative estimate of drug-likeness (QED) is 0.741. The van der Waals surface area contributed by atoms with Crippen LogP contribution in [0.15, 0.2) is 30.5 Å². The molecule has 2 aromatic rings. The summed E-state index contributed by atoms with van der Waals surface area (Å²) in [5, 5.41) is 11.1. The van der Waals surface area contributed by atoms with Crippen molar-refractivity contribution in [2.75, 3.05) is 13.7 Å². The Balaban J connectivity index is 2.20. The largest absolute Gasteiger partial charge is 0.467 e. The summed E-state index contributed by atoms with van der Waals surface area (Å²) in [7, 11) is 1.23. The molecule has 0 spiro atoms. The number of carbonyl (C=O) groups excluding carboxylic acids is 2. The molecule has 1 aromatic carbocycles. The summed E-state index contributed by atoms with van der Waals surface area (Å²) in [5.74, 6) is -1.26. The fourth-order valence-corrected chi connectivity index (χ4v) is 1.88. The molecule has 110 valence electrons. The van der Waals surface area contributed by atoms with Gasteiger partial charge < -0.3 is 15.2 Å². The van der Waals surface area contributed by atoms with Gasteiger partial charge in [-0.3, -0.25) is 9.78 Å². The van der Waals surface area contributed by atoms with Gasteiger partial charge in [-0.1, -0.05) is 12.1 Å². The Labute approximate surface area is 121 Å². The van der Waals surface area contributed by atoms with E-state index in [1.807, 2.05) is 24.3 Å². The molecule has 7 heteroatoms. The number of aliphatic hydroxyl groups excluding tert-OH is 1. The van der Waals surface area contributed by atoms with Gasteiger partial charge in [-0.15, -0.1) is 0 Å². The lowest BCUT2D eigenvalue weighted by Crippen LogP contribution is -2.44. The maximum Gasteiger partial charge on any atom is 0.328 e. The Morgan fingerprint density at radius 1 is 1.33 bits per heavy atom. The Bertz CT molecular complexity index is 659. The van der Waals surface area contributed by atoms with E-state index in [0.717, 1.165) is 5.52 Å². The van der Waals surface area contributed by atoms with Crippen LogP contribution in [0.2, 0.25) is 0 Å². The van der Waals surface area contributed by atoms with Crippen molar-refractivity contribution >= 4 is 22.9 Å². The number of amides is 1. The van der Waals surface area contributed by atoms with Crippen LogP contribution in [0.5, 0.6) is 0 Å². The summed E-state index contributed by atoms with van der Waals surface area (Å²) < 4.78 is 4.63. The highest BCUT2D eigenvalue weighted by atomic mass is 16.5. The summed E-state index contributed by atoms with van der Waals surface area (Å²) in [6, 6.07) is 6.43. The Hall–Kier alpha value is -2.54. The number of nitrogens with zero attached hydrogens (tertiary/aromatic N) is 2. The third kappa shape index (κ3) is 3.73. The van der Waals surface area contributed by atoms with E-state index in [9.17, 15) is 9.59 Å². The van der Waals surface area contributed by atoms with Crippen molar-refractivity contribution in [2.45, 2.75) is 12.5 Å². The molecule has 0 aliphatic heterocycles. The van der Waals surface area contributed by atoms with Gasteiger partial charge >= 0.3 is 5.97 Å². The minimum atomic E-state index is -0.912. The van der Waals surface area contributed by atoms with E-state index >= 15 is 0 Å². The molecule has 0 bridgehead atoms. The molecular weight excluding hydrogens is 274 g/mol. The predicted molar refractivity (Wildman–Crippen MR) is 74.3 cm³/mol. The van der Waals surface area contributed by atoms with E-state index in [0.29, 0.717) is 11.2 Å². The zero-order valence-electron chi connectivity index (χ0n) is 11.4. The first-order valence-corrected chi connectivity index (χ1v) is 6.32. The highest BCUT2D eigenvalue weighted by Gasteiger charge is 2.22. The lowest BCUT2D eigenvalue weighted by molar-refractivity contribution is -0.145. The molecular formula is C14H15N3O4. The number of hydrogen-bond donors (Lipinski definition) is 2. The monoisotopic (exact) mass is 289 g/mol. The molecule has 1 aromatic heterocycles. The molecule has 7 nitrogen and oxygen atoms in total. The topological polar surface area (TPSA) is 101 Å². The van der Waals surface area contributed by atoms with Crippen LogP contribution >= 0.6 is 0 Å². The standard InChI is InChI=1S/C14H15N3O4/c1-21-14(20)12(17-13(19)8-18)6-9-7-15-10-4-2-3-5-11(10)16-9/h2-5,7,12,18H,6,8H2,1H3,(H,17,19)/t12-/m1/s1. The molecule has 0 aliphatic rings. The molecule has 1 heterocycles. The zero-order valence-corrected chi connectivity index (χ0v) is 11.4. The Morgan fingerprint density at radius 3 is 2.71 bits per heavy atom. The number of para-hydroxylation sites is 2. The minimum absolute atomic E-state index is 0.135. The van der Waals surface area contributed by atoms with Crippen LogP contribution in [0.4, 0.5) is 0 Å². The Kier molecular flexibility index (Phi) is 4.78. The van der Waals surface area contributed by atoms with E-state index in [4.69, 9.17) is 5.11 Å². The summed E-state index contributed by atoms with van der Waals surface area (Å²) in [4.78, 5) is 31.5. The van der Waals surface area contributed by atoms with Crippen molar-refractivity contribution in [2.24, 2.45) is 0 Å². The second-order valence-corrected chi connectivity index (χ2v) is 4.36. The fraction of sp³-hybridized carbons (Fsp3) is 0.286. The van der Waals surface area contributed by atoms with Gasteiger partial charge in [-0.05, 0) is 12.1 Å². The third-order valence-electron chi connectivity index (χ3n) is 2.88. The maximum atomic E-state index is 11.7. The number of aromatic nitrogens is 2. The lowest BCUT2D eigenvalue weighted by atomic mass is 10.1. The Morgan fingerprint density at radius 2 is 2.05 bits per heavy atom. The molecule has 0 aliphatic carbocycles. The SMILES string of the molecule is COC(=O)[C@@H](Cc1cnc2ccccc2n1)NC(=O)CO.